The van der Waals surface area contributed by atoms with Crippen LogP contribution in [0.5, 0.6) is 0 Å². The quantitative estimate of drug-likeness (QED) is 0.598. The van der Waals surface area contributed by atoms with Crippen LogP contribution in [0.15, 0.2) is 42.6 Å². The Morgan fingerprint density at radius 1 is 1.31 bits per heavy atom. The van der Waals surface area contributed by atoms with Crippen molar-refractivity contribution in [3.63, 3.8) is 0 Å². The van der Waals surface area contributed by atoms with E-state index in [2.05, 4.69) is 17.1 Å². The second kappa shape index (κ2) is 3.52. The van der Waals surface area contributed by atoms with Gasteiger partial charge in [-0.25, -0.2) is 4.98 Å². The van der Waals surface area contributed by atoms with Crippen molar-refractivity contribution in [2.45, 2.75) is 12.3 Å². The van der Waals surface area contributed by atoms with Gasteiger partial charge in [-0.3, -0.25) is 0 Å². The van der Waals surface area contributed by atoms with Gasteiger partial charge in [0.25, 0.3) is 0 Å². The molecule has 1 aromatic rings. The molecule has 1 aliphatic rings. The summed E-state index contributed by atoms with van der Waals surface area (Å²) in [6, 6.07) is 3.19. The van der Waals surface area contributed by atoms with Gasteiger partial charge in [0.05, 0.1) is 0 Å². The molecule has 0 saturated heterocycles. The molecule has 0 aromatic carbocycles. The highest BCUT2D eigenvalue weighted by Gasteiger charge is 2.08. The molecule has 1 heterocycles. The van der Waals surface area contributed by atoms with E-state index in [0.29, 0.717) is 5.92 Å². The zero-order valence-electron chi connectivity index (χ0n) is 7.15. The van der Waals surface area contributed by atoms with Crippen molar-refractivity contribution in [3.8, 4) is 0 Å². The predicted octanol–water partition coefficient (Wildman–Crippen LogP) is 2.82. The van der Waals surface area contributed by atoms with E-state index in [1.807, 2.05) is 12.2 Å². The van der Waals surface area contributed by atoms with Crippen LogP contribution in [-0.2, 0) is 0 Å². The third-order valence-electron chi connectivity index (χ3n) is 2.16. The third kappa shape index (κ3) is 1.83. The Balaban J connectivity index is 2.21. The molecular weight excluding hydrogens is 165 g/mol. The zero-order chi connectivity index (χ0) is 9.10. The fourth-order valence-electron chi connectivity index (χ4n) is 1.43. The summed E-state index contributed by atoms with van der Waals surface area (Å²) < 4.78 is 12.5. The van der Waals surface area contributed by atoms with Crippen LogP contribution in [0.1, 0.15) is 17.9 Å². The first-order valence-corrected chi connectivity index (χ1v) is 4.31. The van der Waals surface area contributed by atoms with Crippen LogP contribution in [0.25, 0.3) is 0 Å². The summed E-state index contributed by atoms with van der Waals surface area (Å²) >= 11 is 0. The number of aromatic nitrogens is 1. The summed E-state index contributed by atoms with van der Waals surface area (Å²) in [5.41, 5.74) is 1.07. The Morgan fingerprint density at radius 3 is 2.85 bits per heavy atom. The number of pyridine rings is 1. The maximum atomic E-state index is 12.5. The molecule has 13 heavy (non-hydrogen) atoms. The minimum absolute atomic E-state index is 0.359. The molecule has 1 aromatic heterocycles. The fourth-order valence-corrected chi connectivity index (χ4v) is 1.43. The van der Waals surface area contributed by atoms with Crippen molar-refractivity contribution in [1.82, 2.24) is 4.98 Å². The molecular formula is C11H10FN. The van der Waals surface area contributed by atoms with Crippen molar-refractivity contribution in [2.75, 3.05) is 0 Å². The highest BCUT2D eigenvalue weighted by molar-refractivity contribution is 5.26. The van der Waals surface area contributed by atoms with Gasteiger partial charge < -0.3 is 0 Å². The van der Waals surface area contributed by atoms with E-state index in [-0.39, 0.29) is 0 Å². The number of hydrogen-bond acceptors (Lipinski definition) is 1. The lowest BCUT2D eigenvalue weighted by Gasteiger charge is -2.12. The van der Waals surface area contributed by atoms with E-state index < -0.39 is 5.95 Å². The lowest BCUT2D eigenvalue weighted by molar-refractivity contribution is 0.581. The van der Waals surface area contributed by atoms with E-state index in [0.717, 1.165) is 12.0 Å². The first-order valence-electron chi connectivity index (χ1n) is 4.31. The first kappa shape index (κ1) is 8.17. The molecule has 0 fully saturated rings. The summed E-state index contributed by atoms with van der Waals surface area (Å²) in [5.74, 6) is -0.0582. The summed E-state index contributed by atoms with van der Waals surface area (Å²) in [7, 11) is 0. The summed E-state index contributed by atoms with van der Waals surface area (Å²) in [6.07, 6.45) is 10.8. The Bertz CT molecular complexity index is 338. The monoisotopic (exact) mass is 175 g/mol. The molecule has 0 bridgehead atoms. The standard InChI is InChI=1S/C11H10FN/c12-11-7-6-10(8-13-11)9-4-2-1-3-5-9/h1-4,6-9H,5H2. The molecule has 66 valence electrons. The predicted molar refractivity (Wildman–Crippen MR) is 49.8 cm³/mol. The van der Waals surface area contributed by atoms with Crippen LogP contribution in [0, 0.1) is 5.95 Å². The topological polar surface area (TPSA) is 12.9 Å². The maximum absolute atomic E-state index is 12.5. The van der Waals surface area contributed by atoms with Gasteiger partial charge in [0.1, 0.15) is 0 Å². The smallest absolute Gasteiger partial charge is 0.212 e. The average Bonchev–Trinajstić information content (AvgIpc) is 2.20. The van der Waals surface area contributed by atoms with E-state index in [1.54, 1.807) is 12.3 Å². The Morgan fingerprint density at radius 2 is 2.23 bits per heavy atom. The van der Waals surface area contributed by atoms with E-state index in [9.17, 15) is 4.39 Å². The lowest BCUT2D eigenvalue weighted by Crippen LogP contribution is -1.97. The molecule has 0 saturated carbocycles. The number of hydrogen-bond donors (Lipinski definition) is 0. The minimum atomic E-state index is -0.418. The van der Waals surface area contributed by atoms with Crippen molar-refractivity contribution >= 4 is 0 Å². The normalized spacial score (nSPS) is 20.5. The van der Waals surface area contributed by atoms with Crippen molar-refractivity contribution < 1.29 is 4.39 Å². The Hall–Kier alpha value is -1.44. The molecule has 1 aliphatic carbocycles. The fraction of sp³-hybridized carbons (Fsp3) is 0.182. The molecule has 0 radical (unpaired) electrons. The lowest BCUT2D eigenvalue weighted by atomic mass is 9.94. The molecule has 1 nitrogen and oxygen atoms in total. The molecule has 0 spiro atoms. The molecule has 2 rings (SSSR count). The van der Waals surface area contributed by atoms with Gasteiger partial charge >= 0.3 is 0 Å². The second-order valence-electron chi connectivity index (χ2n) is 3.07. The van der Waals surface area contributed by atoms with Gasteiger partial charge in [0.2, 0.25) is 5.95 Å². The largest absolute Gasteiger partial charge is 0.228 e. The van der Waals surface area contributed by atoms with Crippen molar-refractivity contribution in [1.29, 1.82) is 0 Å². The maximum Gasteiger partial charge on any atom is 0.212 e. The molecule has 0 N–H and O–H groups in total. The molecule has 1 atom stereocenters. The van der Waals surface area contributed by atoms with Crippen LogP contribution in [0.2, 0.25) is 0 Å². The Kier molecular flexibility index (Phi) is 2.21. The molecule has 2 heteroatoms. The van der Waals surface area contributed by atoms with Gasteiger partial charge in [0, 0.05) is 12.1 Å². The van der Waals surface area contributed by atoms with E-state index >= 15 is 0 Å². The second-order valence-corrected chi connectivity index (χ2v) is 3.07. The molecule has 0 aliphatic heterocycles. The summed E-state index contributed by atoms with van der Waals surface area (Å²) in [6.45, 7) is 0. The zero-order valence-corrected chi connectivity index (χ0v) is 7.15. The Labute approximate surface area is 76.6 Å². The van der Waals surface area contributed by atoms with Crippen LogP contribution < -0.4 is 0 Å². The van der Waals surface area contributed by atoms with Gasteiger partial charge in [-0.15, -0.1) is 0 Å². The molecule has 0 amide bonds. The highest BCUT2D eigenvalue weighted by atomic mass is 19.1. The molecule has 1 unspecified atom stereocenters. The van der Waals surface area contributed by atoms with Gasteiger partial charge in [-0.05, 0) is 18.1 Å². The van der Waals surface area contributed by atoms with Crippen LogP contribution in [-0.4, -0.2) is 4.98 Å². The van der Waals surface area contributed by atoms with Crippen LogP contribution in [0.4, 0.5) is 4.39 Å². The highest BCUT2D eigenvalue weighted by Crippen LogP contribution is 2.23. The number of allylic oxidation sites excluding steroid dienone is 4. The summed E-state index contributed by atoms with van der Waals surface area (Å²) in [5, 5.41) is 0. The average molecular weight is 175 g/mol. The van der Waals surface area contributed by atoms with Gasteiger partial charge in [0.15, 0.2) is 0 Å². The van der Waals surface area contributed by atoms with Gasteiger partial charge in [-0.2, -0.15) is 4.39 Å². The number of rotatable bonds is 1. The van der Waals surface area contributed by atoms with Crippen LogP contribution in [0.3, 0.4) is 0 Å². The van der Waals surface area contributed by atoms with E-state index in [4.69, 9.17) is 0 Å². The minimum Gasteiger partial charge on any atom is -0.228 e. The van der Waals surface area contributed by atoms with Crippen LogP contribution >= 0.6 is 0 Å². The van der Waals surface area contributed by atoms with Gasteiger partial charge in [-0.1, -0.05) is 30.4 Å². The first-order chi connectivity index (χ1) is 6.36. The van der Waals surface area contributed by atoms with Crippen molar-refractivity contribution in [2.24, 2.45) is 0 Å². The number of nitrogens with zero attached hydrogens (tertiary/aromatic N) is 1. The van der Waals surface area contributed by atoms with E-state index in [1.165, 1.54) is 6.07 Å². The third-order valence-corrected chi connectivity index (χ3v) is 2.16. The summed E-state index contributed by atoms with van der Waals surface area (Å²) in [4.78, 5) is 3.63. The van der Waals surface area contributed by atoms with Crippen molar-refractivity contribution in [3.05, 3.63) is 54.1 Å². The number of halogens is 1. The SMILES string of the molecule is Fc1ccc(C2C=CC=CC2)cn1.